The quantitative estimate of drug-likeness (QED) is 0.129. The summed E-state index contributed by atoms with van der Waals surface area (Å²) in [6, 6.07) is 15.4. The summed E-state index contributed by atoms with van der Waals surface area (Å²) in [5, 5.41) is 22.2. The second-order valence-corrected chi connectivity index (χ2v) is 30.2. The molecule has 0 saturated carbocycles. The Balaban J connectivity index is 1.58. The molecule has 3 aromatic rings. The number of nitrogens with zero attached hydrogens (tertiary/aromatic N) is 9. The van der Waals surface area contributed by atoms with Crippen LogP contribution in [0.25, 0.3) is 0 Å². The van der Waals surface area contributed by atoms with Gasteiger partial charge in [0.15, 0.2) is 0 Å². The molecule has 3 aromatic carbocycles. The zero-order chi connectivity index (χ0) is 79.1. The van der Waals surface area contributed by atoms with Gasteiger partial charge in [-0.3, -0.25) is 62.3 Å². The van der Waals surface area contributed by atoms with Crippen molar-refractivity contribution < 1.29 is 67.4 Å². The molecule has 2 aliphatic rings. The maximum absolute atomic E-state index is 15.6. The van der Waals surface area contributed by atoms with Crippen molar-refractivity contribution in [2.45, 2.75) is 206 Å². The third kappa shape index (κ3) is 24.9. The molecule has 5 rings (SSSR count). The minimum absolute atomic E-state index is 0.00870. The molecule has 27 nitrogen and oxygen atoms in total. The molecule has 13 amide bonds. The SMILES string of the molecule is CC(C)C[C@@H]1CN(C)C(=O)CC(Cc2ccccc2)N(C)C(=O)[C@@H](C)CN(C)C(=O)C[C@@H](C(=O)N(C)[C@@H](Cc2ccccc2)C(=O)N(C)[C@@H](Cc2ccccc2)C(=O)N[C@@H](C)C(=O)N2CCCCC2)NC(=O)C[C@H](C)N(C)C(=O)[C@H]([C@@H](C)O)NC(=O)C[C@H](C)N(C)C(=O)[C@H](C)N(C)C(=O)[C@H](C(C)C)NC1=O. The maximum Gasteiger partial charge on any atom is 0.247 e. The Labute approximate surface area is 627 Å². The number of nitrogens with one attached hydrogen (secondary N) is 4. The van der Waals surface area contributed by atoms with Gasteiger partial charge in [-0.25, -0.2) is 0 Å². The predicted molar refractivity (Wildman–Crippen MR) is 403 cm³/mol. The molecule has 27 heteroatoms. The summed E-state index contributed by atoms with van der Waals surface area (Å²) in [6.45, 7) is 17.3. The molecular formula is C79H119N13O14. The van der Waals surface area contributed by atoms with E-state index in [-0.39, 0.29) is 62.9 Å². The summed E-state index contributed by atoms with van der Waals surface area (Å²) in [6.07, 6.45) is -0.163. The van der Waals surface area contributed by atoms with E-state index in [1.54, 1.807) is 108 Å². The molecule has 0 bridgehead atoms. The lowest BCUT2D eigenvalue weighted by molar-refractivity contribution is -0.150. The largest absolute Gasteiger partial charge is 0.391 e. The topological polar surface area (TPSA) is 319 Å². The molecule has 2 saturated heterocycles. The van der Waals surface area contributed by atoms with Gasteiger partial charge in [0.1, 0.15) is 42.3 Å². The van der Waals surface area contributed by atoms with E-state index in [1.807, 2.05) is 50.2 Å². The Morgan fingerprint density at radius 1 is 0.538 bits per heavy atom. The number of piperidine rings is 1. The maximum atomic E-state index is 15.6. The molecule has 0 radical (unpaired) electrons. The highest BCUT2D eigenvalue weighted by atomic mass is 16.3. The van der Waals surface area contributed by atoms with Crippen molar-refractivity contribution in [1.82, 2.24) is 65.4 Å². The van der Waals surface area contributed by atoms with Crippen molar-refractivity contribution in [3.63, 3.8) is 0 Å². The van der Waals surface area contributed by atoms with Crippen molar-refractivity contribution >= 4 is 76.8 Å². The molecule has 5 N–H and O–H groups in total. The first-order chi connectivity index (χ1) is 49.8. The number of rotatable bonds is 17. The highest BCUT2D eigenvalue weighted by molar-refractivity contribution is 5.98. The van der Waals surface area contributed by atoms with Crippen LogP contribution in [0.3, 0.4) is 0 Å². The van der Waals surface area contributed by atoms with Crippen LogP contribution >= 0.6 is 0 Å². The third-order valence-corrected chi connectivity index (χ3v) is 20.8. The second kappa shape index (κ2) is 41.0. The van der Waals surface area contributed by atoms with E-state index in [4.69, 9.17) is 0 Å². The highest BCUT2D eigenvalue weighted by Crippen LogP contribution is 2.24. The number of aliphatic hydroxyl groups is 1. The fraction of sp³-hybridized carbons (Fsp3) is 0.608. The van der Waals surface area contributed by atoms with Crippen LogP contribution in [0.4, 0.5) is 0 Å². The first-order valence-corrected chi connectivity index (χ1v) is 37.2. The van der Waals surface area contributed by atoms with E-state index in [2.05, 4.69) is 21.3 Å². The standard InChI is InChI=1S/C79H119N13O14/c1-49(2)39-60-48-85(12)67(96)45-61(42-57-31-23-19-24-32-57)89(16)73(100)51(5)47-84(11)68(97)46-62(81-65(94)40-53(7)87(14)79(106)70(56(10)93)82-66(95)41-52(6)86(13)75(102)55(9)88(15)78(105)69(50(3)4)83-71(60)98)76(103)91(18)64(44-59-35-27-21-28-36-59)77(104)90(17)63(43-58-33-25-20-26-34-58)72(99)80-54(8)74(101)92-37-29-22-30-38-92/h19-21,23-28,31-36,49-56,60-64,69-70,93H,22,29-30,37-48H2,1-18H3,(H,80,99)(H,81,94)(H,82,95)(H,83,98)/t51-,52-,53-,54-,55-,56+,60+,61?,62-,63-,64-,69-,70-/m0/s1. The minimum atomic E-state index is -1.73. The minimum Gasteiger partial charge on any atom is -0.391 e. The smallest absolute Gasteiger partial charge is 0.247 e. The molecule has 2 fully saturated rings. The summed E-state index contributed by atoms with van der Waals surface area (Å²) in [5.41, 5.74) is 2.12. The molecular weight excluding hydrogens is 1350 g/mol. The molecule has 1 unspecified atom stereocenters. The van der Waals surface area contributed by atoms with Gasteiger partial charge in [0.25, 0.3) is 0 Å². The molecule has 0 aliphatic carbocycles. The van der Waals surface area contributed by atoms with Crippen LogP contribution in [0, 0.1) is 23.7 Å². The van der Waals surface area contributed by atoms with Gasteiger partial charge in [-0.1, -0.05) is 126 Å². The summed E-state index contributed by atoms with van der Waals surface area (Å²) >= 11 is 0. The Bertz CT molecular complexity index is 3480. The molecule has 584 valence electrons. The number of hydrogen-bond acceptors (Lipinski definition) is 14. The average Bonchev–Trinajstić information content (AvgIpc) is 0.841. The van der Waals surface area contributed by atoms with Crippen LogP contribution in [0.15, 0.2) is 91.0 Å². The average molecular weight is 1470 g/mol. The Morgan fingerprint density at radius 3 is 1.54 bits per heavy atom. The molecule has 2 aliphatic heterocycles. The van der Waals surface area contributed by atoms with Crippen molar-refractivity contribution in [2.75, 3.05) is 82.6 Å². The van der Waals surface area contributed by atoms with E-state index >= 15 is 9.59 Å². The summed E-state index contributed by atoms with van der Waals surface area (Å²) in [5.74, 6) is -10.2. The lowest BCUT2D eigenvalue weighted by Gasteiger charge is -2.37. The van der Waals surface area contributed by atoms with E-state index < -0.39 is 162 Å². The van der Waals surface area contributed by atoms with Crippen LogP contribution in [-0.4, -0.2) is 275 Å². The highest BCUT2D eigenvalue weighted by Gasteiger charge is 2.42. The first-order valence-electron chi connectivity index (χ1n) is 37.2. The Morgan fingerprint density at radius 2 is 1.02 bits per heavy atom. The van der Waals surface area contributed by atoms with Gasteiger partial charge in [0.05, 0.1) is 24.4 Å². The van der Waals surface area contributed by atoms with E-state index in [0.717, 1.165) is 34.6 Å². The van der Waals surface area contributed by atoms with Crippen molar-refractivity contribution in [3.8, 4) is 0 Å². The van der Waals surface area contributed by atoms with Crippen LogP contribution in [-0.2, 0) is 81.6 Å². The number of likely N-dealkylation sites (N-methyl/N-ethyl adjacent to an activating group) is 6. The fourth-order valence-electron chi connectivity index (χ4n) is 13.5. The summed E-state index contributed by atoms with van der Waals surface area (Å²) < 4.78 is 0. The van der Waals surface area contributed by atoms with Crippen LogP contribution < -0.4 is 21.3 Å². The van der Waals surface area contributed by atoms with Crippen LogP contribution in [0.2, 0.25) is 0 Å². The molecule has 106 heavy (non-hydrogen) atoms. The van der Waals surface area contributed by atoms with Crippen molar-refractivity contribution in [2.24, 2.45) is 23.7 Å². The number of hydrogen-bond donors (Lipinski definition) is 5. The molecule has 13 atom stereocenters. The first kappa shape index (κ1) is 87.4. The van der Waals surface area contributed by atoms with E-state index in [0.29, 0.717) is 30.6 Å². The van der Waals surface area contributed by atoms with Gasteiger partial charge in [-0.05, 0) is 95.2 Å². The van der Waals surface area contributed by atoms with Crippen LogP contribution in [0.1, 0.15) is 137 Å². The molecule has 2 heterocycles. The van der Waals surface area contributed by atoms with Crippen molar-refractivity contribution in [3.05, 3.63) is 108 Å². The zero-order valence-electron chi connectivity index (χ0n) is 65.7. The van der Waals surface area contributed by atoms with Gasteiger partial charge in [0.2, 0.25) is 76.8 Å². The number of carbonyl (C=O) groups excluding carboxylic acids is 13. The predicted octanol–water partition coefficient (Wildman–Crippen LogP) is 3.53. The van der Waals surface area contributed by atoms with Gasteiger partial charge < -0.3 is 70.5 Å². The zero-order valence-corrected chi connectivity index (χ0v) is 65.7. The third-order valence-electron chi connectivity index (χ3n) is 20.8. The summed E-state index contributed by atoms with van der Waals surface area (Å²) in [7, 11) is 11.6. The van der Waals surface area contributed by atoms with E-state index in [1.165, 1.54) is 92.5 Å². The van der Waals surface area contributed by atoms with Gasteiger partial charge in [-0.15, -0.1) is 0 Å². The van der Waals surface area contributed by atoms with E-state index in [9.17, 15) is 57.8 Å². The second-order valence-electron chi connectivity index (χ2n) is 30.2. The monoisotopic (exact) mass is 1470 g/mol. The van der Waals surface area contributed by atoms with Crippen molar-refractivity contribution in [1.29, 1.82) is 0 Å². The molecule has 0 spiro atoms. The normalized spacial score (nSPS) is 24.1. The van der Waals surface area contributed by atoms with Gasteiger partial charge in [-0.2, -0.15) is 0 Å². The Kier molecular flexibility index (Phi) is 33.8. The lowest BCUT2D eigenvalue weighted by atomic mass is 9.93. The van der Waals surface area contributed by atoms with Gasteiger partial charge in [0, 0.05) is 133 Å². The summed E-state index contributed by atoms with van der Waals surface area (Å²) in [4.78, 5) is 202. The number of amides is 13. The Hall–Kier alpha value is -9.27. The van der Waals surface area contributed by atoms with Crippen LogP contribution in [0.5, 0.6) is 0 Å². The number of benzene rings is 3. The number of aliphatic hydroxyl groups excluding tert-OH is 1. The lowest BCUT2D eigenvalue weighted by Crippen LogP contribution is -2.60. The van der Waals surface area contributed by atoms with Gasteiger partial charge >= 0.3 is 0 Å². The fourth-order valence-corrected chi connectivity index (χ4v) is 13.5. The number of carbonyl (C=O) groups is 13. The number of likely N-dealkylation sites (tertiary alicyclic amines) is 1. The molecule has 0 aromatic heterocycles.